The summed E-state index contributed by atoms with van der Waals surface area (Å²) in [7, 11) is 0. The fourth-order valence-corrected chi connectivity index (χ4v) is 4.48. The van der Waals surface area contributed by atoms with Gasteiger partial charge in [0.05, 0.1) is 5.56 Å². The maximum absolute atomic E-state index is 12.8. The van der Waals surface area contributed by atoms with Crippen LogP contribution >= 0.6 is 0 Å². The van der Waals surface area contributed by atoms with E-state index in [1.165, 1.54) is 11.3 Å². The van der Waals surface area contributed by atoms with E-state index in [0.29, 0.717) is 5.56 Å². The summed E-state index contributed by atoms with van der Waals surface area (Å²) in [5.74, 6) is 0.804. The van der Waals surface area contributed by atoms with Crippen molar-refractivity contribution < 1.29 is 4.79 Å². The van der Waals surface area contributed by atoms with Crippen molar-refractivity contribution in [2.24, 2.45) is 0 Å². The Bertz CT molecular complexity index is 984. The van der Waals surface area contributed by atoms with Crippen LogP contribution < -0.4 is 4.90 Å². The fraction of sp³-hybridized carbons (Fsp3) is 0.273. The van der Waals surface area contributed by atoms with Crippen molar-refractivity contribution in [3.63, 3.8) is 0 Å². The van der Waals surface area contributed by atoms with Crippen molar-refractivity contribution in [3.8, 4) is 0 Å². The molecule has 1 spiro atoms. The zero-order chi connectivity index (χ0) is 19.0. The molecule has 2 aliphatic rings. The molecule has 0 aliphatic carbocycles. The summed E-state index contributed by atoms with van der Waals surface area (Å²) in [5, 5.41) is 0. The summed E-state index contributed by atoms with van der Waals surface area (Å²) in [5.41, 5.74) is 3.21. The van der Waals surface area contributed by atoms with Crippen molar-refractivity contribution in [3.05, 3.63) is 78.4 Å². The Balaban J connectivity index is 1.41. The first kappa shape index (κ1) is 16.9. The number of para-hydroxylation sites is 1. The summed E-state index contributed by atoms with van der Waals surface area (Å²) in [6.07, 6.45) is 8.76. The molecule has 2 aliphatic heterocycles. The number of anilines is 2. The molecule has 1 aromatic carbocycles. The predicted octanol–water partition coefficient (Wildman–Crippen LogP) is 3.20. The maximum Gasteiger partial charge on any atom is 0.255 e. The van der Waals surface area contributed by atoms with Gasteiger partial charge in [0.2, 0.25) is 5.95 Å². The highest BCUT2D eigenvalue weighted by Gasteiger charge is 2.46. The Morgan fingerprint density at radius 3 is 2.46 bits per heavy atom. The molecule has 4 heterocycles. The van der Waals surface area contributed by atoms with Gasteiger partial charge in [-0.15, -0.1) is 0 Å². The molecule has 1 saturated heterocycles. The SMILES string of the molecule is O=C(c1cccnc1)N1CCC2(CC1)CN(c1ncccn1)c1ccccc12. The molecule has 3 aromatic rings. The van der Waals surface area contributed by atoms with Gasteiger partial charge in [0, 0.05) is 55.5 Å². The molecule has 1 fully saturated rings. The van der Waals surface area contributed by atoms with E-state index in [9.17, 15) is 4.79 Å². The minimum absolute atomic E-state index is 0.0293. The summed E-state index contributed by atoms with van der Waals surface area (Å²) in [4.78, 5) is 30.0. The number of pyridine rings is 1. The van der Waals surface area contributed by atoms with Crippen LogP contribution in [0, 0.1) is 0 Å². The molecule has 0 bridgehead atoms. The van der Waals surface area contributed by atoms with Gasteiger partial charge in [0.25, 0.3) is 5.91 Å². The van der Waals surface area contributed by atoms with Crippen LogP contribution in [0.1, 0.15) is 28.8 Å². The molecule has 28 heavy (non-hydrogen) atoms. The third kappa shape index (κ3) is 2.72. The molecule has 140 valence electrons. The van der Waals surface area contributed by atoms with E-state index >= 15 is 0 Å². The first-order valence-corrected chi connectivity index (χ1v) is 9.60. The first-order valence-electron chi connectivity index (χ1n) is 9.60. The third-order valence-electron chi connectivity index (χ3n) is 5.94. The van der Waals surface area contributed by atoms with Gasteiger partial charge in [-0.05, 0) is 42.7 Å². The van der Waals surface area contributed by atoms with Crippen LogP contribution in [0.2, 0.25) is 0 Å². The van der Waals surface area contributed by atoms with E-state index < -0.39 is 0 Å². The Morgan fingerprint density at radius 1 is 0.929 bits per heavy atom. The smallest absolute Gasteiger partial charge is 0.255 e. The van der Waals surface area contributed by atoms with Gasteiger partial charge in [0.15, 0.2) is 0 Å². The summed E-state index contributed by atoms with van der Waals surface area (Å²) in [6, 6.07) is 14.0. The lowest BCUT2D eigenvalue weighted by atomic mass is 9.74. The number of aromatic nitrogens is 3. The summed E-state index contributed by atoms with van der Waals surface area (Å²) >= 11 is 0. The van der Waals surface area contributed by atoms with E-state index in [1.54, 1.807) is 24.8 Å². The van der Waals surface area contributed by atoms with Gasteiger partial charge in [-0.2, -0.15) is 0 Å². The molecule has 0 N–H and O–H groups in total. The van der Waals surface area contributed by atoms with Crippen LogP contribution in [-0.4, -0.2) is 45.4 Å². The Kier molecular flexibility index (Phi) is 4.04. The Labute approximate surface area is 163 Å². The van der Waals surface area contributed by atoms with Crippen molar-refractivity contribution in [2.45, 2.75) is 18.3 Å². The number of rotatable bonds is 2. The van der Waals surface area contributed by atoms with E-state index in [-0.39, 0.29) is 11.3 Å². The minimum atomic E-state index is 0.0293. The number of amides is 1. The molecule has 0 unspecified atom stereocenters. The van der Waals surface area contributed by atoms with E-state index in [4.69, 9.17) is 0 Å². The number of hydrogen-bond acceptors (Lipinski definition) is 5. The highest BCUT2D eigenvalue weighted by molar-refractivity contribution is 5.94. The van der Waals surface area contributed by atoms with E-state index in [1.807, 2.05) is 23.1 Å². The van der Waals surface area contributed by atoms with Gasteiger partial charge in [-0.1, -0.05) is 18.2 Å². The molecule has 0 atom stereocenters. The van der Waals surface area contributed by atoms with Crippen LogP contribution in [0.25, 0.3) is 0 Å². The lowest BCUT2D eigenvalue weighted by Crippen LogP contribution is -2.47. The van der Waals surface area contributed by atoms with Crippen LogP contribution in [0.3, 0.4) is 0 Å². The largest absolute Gasteiger partial charge is 0.339 e. The van der Waals surface area contributed by atoms with Gasteiger partial charge in [-0.25, -0.2) is 9.97 Å². The molecule has 0 saturated carbocycles. The highest BCUT2D eigenvalue weighted by atomic mass is 16.2. The monoisotopic (exact) mass is 371 g/mol. The quantitative estimate of drug-likeness (QED) is 0.692. The Hall–Kier alpha value is -3.28. The molecular formula is C22H21N5O. The lowest BCUT2D eigenvalue weighted by Gasteiger charge is -2.39. The zero-order valence-electron chi connectivity index (χ0n) is 15.5. The number of likely N-dealkylation sites (tertiary alicyclic amines) is 1. The summed E-state index contributed by atoms with van der Waals surface area (Å²) < 4.78 is 0. The zero-order valence-corrected chi connectivity index (χ0v) is 15.5. The third-order valence-corrected chi connectivity index (χ3v) is 5.94. The fourth-order valence-electron chi connectivity index (χ4n) is 4.48. The maximum atomic E-state index is 12.8. The van der Waals surface area contributed by atoms with Crippen molar-refractivity contribution >= 4 is 17.5 Å². The summed E-state index contributed by atoms with van der Waals surface area (Å²) in [6.45, 7) is 2.34. The second-order valence-electron chi connectivity index (χ2n) is 7.47. The van der Waals surface area contributed by atoms with Crippen molar-refractivity contribution in [1.82, 2.24) is 19.9 Å². The van der Waals surface area contributed by atoms with Gasteiger partial charge < -0.3 is 9.80 Å². The van der Waals surface area contributed by atoms with Gasteiger partial charge in [-0.3, -0.25) is 9.78 Å². The molecule has 2 aromatic heterocycles. The number of fused-ring (bicyclic) bond motifs is 2. The number of carbonyl (C=O) groups excluding carboxylic acids is 1. The van der Waals surface area contributed by atoms with Crippen molar-refractivity contribution in [1.29, 1.82) is 0 Å². The molecule has 5 rings (SSSR count). The molecule has 1 amide bonds. The average molecular weight is 371 g/mol. The number of nitrogens with zero attached hydrogens (tertiary/aromatic N) is 5. The molecule has 6 heteroatoms. The number of piperidine rings is 1. The Morgan fingerprint density at radius 2 is 1.71 bits per heavy atom. The second-order valence-corrected chi connectivity index (χ2v) is 7.47. The topological polar surface area (TPSA) is 62.2 Å². The van der Waals surface area contributed by atoms with E-state index in [0.717, 1.165) is 38.4 Å². The number of hydrogen-bond donors (Lipinski definition) is 0. The first-order chi connectivity index (χ1) is 13.8. The molecule has 0 radical (unpaired) electrons. The van der Waals surface area contributed by atoms with Crippen LogP contribution in [0.4, 0.5) is 11.6 Å². The number of benzene rings is 1. The van der Waals surface area contributed by atoms with Crippen LogP contribution in [0.15, 0.2) is 67.3 Å². The molecule has 6 nitrogen and oxygen atoms in total. The van der Waals surface area contributed by atoms with E-state index in [2.05, 4.69) is 44.1 Å². The van der Waals surface area contributed by atoms with Gasteiger partial charge >= 0.3 is 0 Å². The number of carbonyl (C=O) groups is 1. The normalized spacial score (nSPS) is 17.6. The highest BCUT2D eigenvalue weighted by Crippen LogP contribution is 2.48. The average Bonchev–Trinajstić information content (AvgIpc) is 3.09. The molecular weight excluding hydrogens is 350 g/mol. The second kappa shape index (κ2) is 6.71. The van der Waals surface area contributed by atoms with Crippen LogP contribution in [0.5, 0.6) is 0 Å². The minimum Gasteiger partial charge on any atom is -0.339 e. The van der Waals surface area contributed by atoms with Crippen molar-refractivity contribution in [2.75, 3.05) is 24.5 Å². The van der Waals surface area contributed by atoms with Gasteiger partial charge in [0.1, 0.15) is 0 Å². The lowest BCUT2D eigenvalue weighted by molar-refractivity contribution is 0.0674. The predicted molar refractivity (Wildman–Crippen MR) is 107 cm³/mol. The standard InChI is InChI=1S/C22H21N5O/c28-20(17-5-3-10-23-15-17)26-13-8-22(9-14-26)16-27(21-24-11-4-12-25-21)19-7-2-1-6-18(19)22/h1-7,10-12,15H,8-9,13-14,16H2. The van der Waals surface area contributed by atoms with Crippen LogP contribution in [-0.2, 0) is 5.41 Å².